The largest absolute Gasteiger partial charge is 0.397 e. The van der Waals surface area contributed by atoms with Crippen molar-refractivity contribution in [3.05, 3.63) is 27.7 Å². The lowest BCUT2D eigenvalue weighted by Crippen LogP contribution is -2.24. The Bertz CT molecular complexity index is 342. The summed E-state index contributed by atoms with van der Waals surface area (Å²) in [7, 11) is 0. The van der Waals surface area contributed by atoms with E-state index in [9.17, 15) is 5.11 Å². The minimum atomic E-state index is -0.702. The van der Waals surface area contributed by atoms with Gasteiger partial charge in [-0.15, -0.1) is 0 Å². The number of rotatable bonds is 2. The zero-order valence-electron chi connectivity index (χ0n) is 7.67. The lowest BCUT2D eigenvalue weighted by molar-refractivity contribution is 0.164. The Kier molecular flexibility index (Phi) is 3.61. The molecule has 0 amide bonds. The number of aliphatic hydroxyl groups is 1. The molecule has 0 aliphatic carbocycles. The van der Waals surface area contributed by atoms with Gasteiger partial charge >= 0.3 is 0 Å². The summed E-state index contributed by atoms with van der Waals surface area (Å²) in [6.07, 6.45) is -0.702. The molecule has 5 heteroatoms. The number of benzene rings is 1. The van der Waals surface area contributed by atoms with Crippen LogP contribution in [0.4, 0.5) is 5.69 Å². The molecule has 0 spiro atoms. The molecule has 78 valence electrons. The summed E-state index contributed by atoms with van der Waals surface area (Å²) >= 11 is 11.6. The van der Waals surface area contributed by atoms with Crippen LogP contribution in [0.2, 0.25) is 10.0 Å². The Hall–Kier alpha value is -0.480. The third-order valence-electron chi connectivity index (χ3n) is 2.01. The Morgan fingerprint density at radius 2 is 1.93 bits per heavy atom. The number of aliphatic hydroxyl groups excluding tert-OH is 1. The zero-order valence-corrected chi connectivity index (χ0v) is 9.18. The molecule has 0 heterocycles. The van der Waals surface area contributed by atoms with Crippen molar-refractivity contribution in [2.24, 2.45) is 5.73 Å². The van der Waals surface area contributed by atoms with Crippen molar-refractivity contribution in [2.75, 3.05) is 5.73 Å². The average Bonchev–Trinajstić information content (AvgIpc) is 2.09. The Morgan fingerprint density at radius 3 is 2.43 bits per heavy atom. The fraction of sp³-hybridized carbons (Fsp3) is 0.333. The van der Waals surface area contributed by atoms with E-state index in [4.69, 9.17) is 34.7 Å². The summed E-state index contributed by atoms with van der Waals surface area (Å²) in [5.41, 5.74) is 12.4. The zero-order chi connectivity index (χ0) is 10.9. The van der Waals surface area contributed by atoms with Crippen molar-refractivity contribution in [2.45, 2.75) is 19.1 Å². The van der Waals surface area contributed by atoms with Gasteiger partial charge in [-0.25, -0.2) is 0 Å². The van der Waals surface area contributed by atoms with Crippen LogP contribution in [-0.2, 0) is 0 Å². The van der Waals surface area contributed by atoms with Gasteiger partial charge in [0, 0.05) is 5.02 Å². The van der Waals surface area contributed by atoms with Crippen molar-refractivity contribution in [3.8, 4) is 0 Å². The number of anilines is 1. The van der Waals surface area contributed by atoms with Crippen molar-refractivity contribution >= 4 is 28.9 Å². The maximum atomic E-state index is 9.31. The van der Waals surface area contributed by atoms with Crippen LogP contribution in [0, 0.1) is 0 Å². The lowest BCUT2D eigenvalue weighted by atomic mass is 10.0. The van der Waals surface area contributed by atoms with E-state index in [1.165, 1.54) is 6.07 Å². The van der Waals surface area contributed by atoms with E-state index >= 15 is 0 Å². The molecule has 0 bridgehead atoms. The molecule has 14 heavy (non-hydrogen) atoms. The predicted octanol–water partition coefficient (Wildman–Crippen LogP) is 1.96. The molecule has 5 N–H and O–H groups in total. The molecule has 0 saturated carbocycles. The second-order valence-corrected chi connectivity index (χ2v) is 4.00. The Morgan fingerprint density at radius 1 is 1.36 bits per heavy atom. The van der Waals surface area contributed by atoms with Crippen LogP contribution in [-0.4, -0.2) is 11.2 Å². The molecular formula is C9H12Cl2N2O. The second-order valence-electron chi connectivity index (χ2n) is 3.16. The second kappa shape index (κ2) is 4.36. The fourth-order valence-electron chi connectivity index (χ4n) is 1.14. The van der Waals surface area contributed by atoms with E-state index in [1.807, 2.05) is 0 Å². The van der Waals surface area contributed by atoms with Crippen LogP contribution in [0.3, 0.4) is 0 Å². The fourth-order valence-corrected chi connectivity index (χ4v) is 1.65. The average molecular weight is 235 g/mol. The van der Waals surface area contributed by atoms with E-state index in [2.05, 4.69) is 0 Å². The van der Waals surface area contributed by atoms with Gasteiger partial charge in [-0.2, -0.15) is 0 Å². The molecule has 0 aliphatic rings. The molecule has 1 rings (SSSR count). The minimum absolute atomic E-state index is 0.351. The standard InChI is InChI=1S/C9H12Cl2N2O/c1-4(14)8(12)6-2-5(10)3-7(11)9(6)13/h2-4,8,14H,12-13H2,1H3. The first-order valence-corrected chi connectivity index (χ1v) is 4.87. The van der Waals surface area contributed by atoms with Crippen LogP contribution in [0.5, 0.6) is 0 Å². The van der Waals surface area contributed by atoms with Crippen molar-refractivity contribution in [1.82, 2.24) is 0 Å². The van der Waals surface area contributed by atoms with Crippen molar-refractivity contribution < 1.29 is 5.11 Å². The van der Waals surface area contributed by atoms with E-state index in [0.29, 0.717) is 21.3 Å². The number of halogens is 2. The molecule has 0 aromatic heterocycles. The third-order valence-corrected chi connectivity index (χ3v) is 2.54. The molecule has 1 aromatic carbocycles. The summed E-state index contributed by atoms with van der Waals surface area (Å²) in [6, 6.07) is 2.57. The van der Waals surface area contributed by atoms with Gasteiger partial charge in [-0.1, -0.05) is 23.2 Å². The summed E-state index contributed by atoms with van der Waals surface area (Å²) in [4.78, 5) is 0. The van der Waals surface area contributed by atoms with Gasteiger partial charge < -0.3 is 16.6 Å². The molecule has 0 radical (unpaired) electrons. The van der Waals surface area contributed by atoms with Crippen LogP contribution in [0.25, 0.3) is 0 Å². The maximum Gasteiger partial charge on any atom is 0.0705 e. The normalized spacial score (nSPS) is 15.2. The summed E-state index contributed by atoms with van der Waals surface area (Å²) < 4.78 is 0. The molecule has 1 aromatic rings. The smallest absolute Gasteiger partial charge is 0.0705 e. The van der Waals surface area contributed by atoms with Gasteiger partial charge in [0.1, 0.15) is 0 Å². The topological polar surface area (TPSA) is 72.3 Å². The molecule has 0 saturated heterocycles. The van der Waals surface area contributed by atoms with E-state index in [1.54, 1.807) is 13.0 Å². The first kappa shape index (κ1) is 11.6. The molecule has 2 unspecified atom stereocenters. The number of nitrogen functional groups attached to an aromatic ring is 1. The maximum absolute atomic E-state index is 9.31. The number of hydrogen-bond acceptors (Lipinski definition) is 3. The van der Waals surface area contributed by atoms with Crippen molar-refractivity contribution in [3.63, 3.8) is 0 Å². The van der Waals surface area contributed by atoms with E-state index in [0.717, 1.165) is 0 Å². The van der Waals surface area contributed by atoms with Crippen molar-refractivity contribution in [1.29, 1.82) is 0 Å². The quantitative estimate of drug-likeness (QED) is 0.686. The monoisotopic (exact) mass is 234 g/mol. The highest BCUT2D eigenvalue weighted by Gasteiger charge is 2.17. The van der Waals surface area contributed by atoms with E-state index < -0.39 is 12.1 Å². The first-order chi connectivity index (χ1) is 6.43. The Labute approximate surface area is 92.6 Å². The van der Waals surface area contributed by atoms with Gasteiger partial charge in [0.2, 0.25) is 0 Å². The molecular weight excluding hydrogens is 223 g/mol. The molecule has 2 atom stereocenters. The summed E-state index contributed by atoms with van der Waals surface area (Å²) in [6.45, 7) is 1.58. The molecule has 0 aliphatic heterocycles. The van der Waals surface area contributed by atoms with Gasteiger partial charge in [-0.3, -0.25) is 0 Å². The molecule has 3 nitrogen and oxygen atoms in total. The van der Waals surface area contributed by atoms with Crippen LogP contribution >= 0.6 is 23.2 Å². The highest BCUT2D eigenvalue weighted by molar-refractivity contribution is 6.36. The van der Waals surface area contributed by atoms with Crippen LogP contribution in [0.1, 0.15) is 18.5 Å². The van der Waals surface area contributed by atoms with Gasteiger partial charge in [0.05, 0.1) is 22.9 Å². The van der Waals surface area contributed by atoms with Gasteiger partial charge in [0.15, 0.2) is 0 Å². The highest BCUT2D eigenvalue weighted by atomic mass is 35.5. The summed E-state index contributed by atoms with van der Waals surface area (Å²) in [5.74, 6) is 0. The SMILES string of the molecule is CC(O)C(N)c1cc(Cl)cc(Cl)c1N. The third kappa shape index (κ3) is 2.30. The molecule has 0 fully saturated rings. The number of hydrogen-bond donors (Lipinski definition) is 3. The van der Waals surface area contributed by atoms with E-state index in [-0.39, 0.29) is 0 Å². The van der Waals surface area contributed by atoms with Crippen LogP contribution < -0.4 is 11.5 Å². The van der Waals surface area contributed by atoms with Gasteiger partial charge in [-0.05, 0) is 24.6 Å². The highest BCUT2D eigenvalue weighted by Crippen LogP contribution is 2.31. The minimum Gasteiger partial charge on any atom is -0.397 e. The first-order valence-electron chi connectivity index (χ1n) is 4.11. The lowest BCUT2D eigenvalue weighted by Gasteiger charge is -2.18. The van der Waals surface area contributed by atoms with Crippen LogP contribution in [0.15, 0.2) is 12.1 Å². The Balaban J connectivity index is 3.20. The number of nitrogens with two attached hydrogens (primary N) is 2. The van der Waals surface area contributed by atoms with Gasteiger partial charge in [0.25, 0.3) is 0 Å². The summed E-state index contributed by atoms with van der Waals surface area (Å²) in [5, 5.41) is 10.1. The predicted molar refractivity (Wildman–Crippen MR) is 59.5 cm³/mol.